The Morgan fingerprint density at radius 1 is 1.20 bits per heavy atom. The Labute approximate surface area is 211 Å². The SMILES string of the molecule is CCOc1cccc2sc(N(Cc3ccccn3)C(=O)[C@@H]3CCCN3S(=O)(=O)c3cccs3)nc12. The predicted molar refractivity (Wildman–Crippen MR) is 137 cm³/mol. The molecule has 3 aromatic heterocycles. The van der Waals surface area contributed by atoms with Crippen LogP contribution in [0.3, 0.4) is 0 Å². The number of rotatable bonds is 8. The van der Waals surface area contributed by atoms with Crippen molar-refractivity contribution >= 4 is 54.0 Å². The standard InChI is InChI=1S/C24H24N4O4S3/c1-2-32-19-10-5-11-20-22(19)26-24(34-20)27(16-17-8-3-4-13-25-17)23(29)18-9-6-14-28(18)35(30,31)21-12-7-15-33-21/h3-5,7-8,10-13,15,18H,2,6,9,14,16H2,1H3/t18-/m0/s1. The van der Waals surface area contributed by atoms with E-state index in [4.69, 9.17) is 9.72 Å². The third kappa shape index (κ3) is 4.68. The number of thiazole rings is 1. The van der Waals surface area contributed by atoms with Gasteiger partial charge in [-0.25, -0.2) is 13.4 Å². The Morgan fingerprint density at radius 2 is 2.09 bits per heavy atom. The Balaban J connectivity index is 1.54. The molecule has 5 rings (SSSR count). The van der Waals surface area contributed by atoms with Gasteiger partial charge in [0.25, 0.3) is 10.0 Å². The summed E-state index contributed by atoms with van der Waals surface area (Å²) in [5, 5.41) is 2.22. The minimum absolute atomic E-state index is 0.187. The number of fused-ring (bicyclic) bond motifs is 1. The minimum atomic E-state index is -3.77. The molecule has 0 radical (unpaired) electrons. The summed E-state index contributed by atoms with van der Waals surface area (Å²) in [4.78, 5) is 24.7. The van der Waals surface area contributed by atoms with Crippen LogP contribution in [0.1, 0.15) is 25.5 Å². The molecule has 1 saturated heterocycles. The molecule has 1 aliphatic rings. The van der Waals surface area contributed by atoms with Gasteiger partial charge in [0.15, 0.2) is 5.13 Å². The molecule has 1 amide bonds. The summed E-state index contributed by atoms with van der Waals surface area (Å²) in [6, 6.07) is 13.7. The first-order chi connectivity index (χ1) is 17.0. The van der Waals surface area contributed by atoms with Gasteiger partial charge in [-0.3, -0.25) is 14.7 Å². The number of hydrogen-bond acceptors (Lipinski definition) is 8. The first kappa shape index (κ1) is 23.9. The van der Waals surface area contributed by atoms with E-state index in [1.165, 1.54) is 15.6 Å². The smallest absolute Gasteiger partial charge is 0.253 e. The van der Waals surface area contributed by atoms with E-state index in [1.54, 1.807) is 28.6 Å². The third-order valence-corrected chi connectivity index (χ3v) is 10.1. The molecule has 1 aromatic carbocycles. The maximum Gasteiger partial charge on any atom is 0.253 e. The van der Waals surface area contributed by atoms with Crippen LogP contribution in [0.4, 0.5) is 5.13 Å². The first-order valence-corrected chi connectivity index (χ1v) is 14.4. The lowest BCUT2D eigenvalue weighted by atomic mass is 10.2. The molecule has 182 valence electrons. The van der Waals surface area contributed by atoms with Crippen molar-refractivity contribution in [2.75, 3.05) is 18.1 Å². The molecule has 0 unspecified atom stereocenters. The molecule has 0 saturated carbocycles. The van der Waals surface area contributed by atoms with Crippen molar-refractivity contribution in [1.82, 2.24) is 14.3 Å². The molecule has 4 aromatic rings. The predicted octanol–water partition coefficient (Wildman–Crippen LogP) is 4.54. The van der Waals surface area contributed by atoms with E-state index in [9.17, 15) is 13.2 Å². The van der Waals surface area contributed by atoms with Crippen molar-refractivity contribution in [3.05, 3.63) is 65.8 Å². The molecule has 1 aliphatic heterocycles. The van der Waals surface area contributed by atoms with E-state index in [2.05, 4.69) is 4.98 Å². The maximum absolute atomic E-state index is 14.0. The number of carbonyl (C=O) groups is 1. The third-order valence-electron chi connectivity index (χ3n) is 5.76. The second-order valence-corrected chi connectivity index (χ2v) is 12.1. The van der Waals surface area contributed by atoms with Crippen molar-refractivity contribution in [3.8, 4) is 5.75 Å². The highest BCUT2D eigenvalue weighted by atomic mass is 32.2. The summed E-state index contributed by atoms with van der Waals surface area (Å²) >= 11 is 2.54. The van der Waals surface area contributed by atoms with Crippen molar-refractivity contribution < 1.29 is 17.9 Å². The van der Waals surface area contributed by atoms with Gasteiger partial charge in [0.2, 0.25) is 5.91 Å². The van der Waals surface area contributed by atoms with E-state index in [0.29, 0.717) is 48.1 Å². The normalized spacial score (nSPS) is 16.5. The molecule has 11 heteroatoms. The Hall–Kier alpha value is -2.86. The second-order valence-electron chi connectivity index (χ2n) is 7.98. The number of para-hydroxylation sites is 1. The molecule has 35 heavy (non-hydrogen) atoms. The molecule has 1 fully saturated rings. The summed E-state index contributed by atoms with van der Waals surface area (Å²) < 4.78 is 34.8. The summed E-state index contributed by atoms with van der Waals surface area (Å²) in [6.45, 7) is 2.90. The molecular weight excluding hydrogens is 504 g/mol. The summed E-state index contributed by atoms with van der Waals surface area (Å²) in [5.41, 5.74) is 1.37. The van der Waals surface area contributed by atoms with Crippen LogP contribution < -0.4 is 9.64 Å². The lowest BCUT2D eigenvalue weighted by Gasteiger charge is -2.28. The zero-order valence-corrected chi connectivity index (χ0v) is 21.5. The number of sulfonamides is 1. The molecule has 8 nitrogen and oxygen atoms in total. The van der Waals surface area contributed by atoms with Gasteiger partial charge < -0.3 is 4.74 Å². The second kappa shape index (κ2) is 10.0. The molecule has 0 aliphatic carbocycles. The monoisotopic (exact) mass is 528 g/mol. The minimum Gasteiger partial charge on any atom is -0.492 e. The molecule has 0 spiro atoms. The van der Waals surface area contributed by atoms with Gasteiger partial charge >= 0.3 is 0 Å². The number of nitrogens with zero attached hydrogens (tertiary/aromatic N) is 4. The number of thiophene rings is 1. The van der Waals surface area contributed by atoms with Gasteiger partial charge in [0.05, 0.1) is 23.5 Å². The van der Waals surface area contributed by atoms with Crippen LogP contribution in [0, 0.1) is 0 Å². The number of benzene rings is 1. The highest BCUT2D eigenvalue weighted by molar-refractivity contribution is 7.91. The van der Waals surface area contributed by atoms with Gasteiger partial charge in [-0.2, -0.15) is 4.31 Å². The molecule has 0 bridgehead atoms. The number of pyridine rings is 1. The number of anilines is 1. The van der Waals surface area contributed by atoms with E-state index in [1.807, 2.05) is 43.3 Å². The van der Waals surface area contributed by atoms with E-state index < -0.39 is 16.1 Å². The Bertz CT molecular complexity index is 1420. The zero-order valence-electron chi connectivity index (χ0n) is 19.0. The maximum atomic E-state index is 14.0. The fourth-order valence-electron chi connectivity index (χ4n) is 4.17. The zero-order chi connectivity index (χ0) is 24.4. The fraction of sp³-hybridized carbons (Fsp3) is 0.292. The van der Waals surface area contributed by atoms with Crippen LogP contribution in [0.25, 0.3) is 10.2 Å². The highest BCUT2D eigenvalue weighted by Crippen LogP contribution is 2.37. The van der Waals surface area contributed by atoms with Crippen molar-refractivity contribution in [2.45, 2.75) is 36.6 Å². The molecule has 4 heterocycles. The lowest BCUT2D eigenvalue weighted by molar-refractivity contribution is -0.121. The van der Waals surface area contributed by atoms with Crippen LogP contribution in [0.5, 0.6) is 5.75 Å². The van der Waals surface area contributed by atoms with Crippen molar-refractivity contribution in [3.63, 3.8) is 0 Å². The number of ether oxygens (including phenoxy) is 1. The fourth-order valence-corrected chi connectivity index (χ4v) is 7.93. The van der Waals surface area contributed by atoms with Gasteiger partial charge in [-0.15, -0.1) is 11.3 Å². The van der Waals surface area contributed by atoms with Crippen LogP contribution in [-0.2, 0) is 21.4 Å². The summed E-state index contributed by atoms with van der Waals surface area (Å²) in [5.74, 6) is 0.353. The van der Waals surface area contributed by atoms with Crippen molar-refractivity contribution in [1.29, 1.82) is 0 Å². The van der Waals surface area contributed by atoms with E-state index in [0.717, 1.165) is 16.0 Å². The van der Waals surface area contributed by atoms with Crippen LogP contribution in [-0.4, -0.2) is 47.8 Å². The first-order valence-electron chi connectivity index (χ1n) is 11.3. The van der Waals surface area contributed by atoms with Crippen LogP contribution >= 0.6 is 22.7 Å². The molecular formula is C24H24N4O4S3. The van der Waals surface area contributed by atoms with Gasteiger partial charge in [0, 0.05) is 12.7 Å². The highest BCUT2D eigenvalue weighted by Gasteiger charge is 2.42. The molecule has 1 atom stereocenters. The van der Waals surface area contributed by atoms with Gasteiger partial charge in [0.1, 0.15) is 21.5 Å². The number of aromatic nitrogens is 2. The summed E-state index contributed by atoms with van der Waals surface area (Å²) in [7, 11) is -3.77. The Morgan fingerprint density at radius 3 is 2.83 bits per heavy atom. The topological polar surface area (TPSA) is 92.7 Å². The number of amides is 1. The lowest BCUT2D eigenvalue weighted by Crippen LogP contribution is -2.47. The number of carbonyl (C=O) groups excluding carboxylic acids is 1. The Kier molecular flexibility index (Phi) is 6.83. The van der Waals surface area contributed by atoms with Gasteiger partial charge in [-0.05, 0) is 55.5 Å². The quantitative estimate of drug-likeness (QED) is 0.333. The average Bonchev–Trinajstić information content (AvgIpc) is 3.64. The average molecular weight is 529 g/mol. The van der Waals surface area contributed by atoms with Crippen LogP contribution in [0.15, 0.2) is 64.3 Å². The number of hydrogen-bond donors (Lipinski definition) is 0. The molecule has 0 N–H and O–H groups in total. The largest absolute Gasteiger partial charge is 0.492 e. The van der Waals surface area contributed by atoms with E-state index in [-0.39, 0.29) is 16.7 Å². The van der Waals surface area contributed by atoms with Crippen LogP contribution in [0.2, 0.25) is 0 Å². The summed E-state index contributed by atoms with van der Waals surface area (Å²) in [6.07, 6.45) is 2.75. The van der Waals surface area contributed by atoms with Gasteiger partial charge in [-0.1, -0.05) is 29.5 Å². The van der Waals surface area contributed by atoms with Crippen molar-refractivity contribution in [2.24, 2.45) is 0 Å². The van der Waals surface area contributed by atoms with E-state index >= 15 is 0 Å².